The van der Waals surface area contributed by atoms with Crippen molar-refractivity contribution in [1.29, 1.82) is 0 Å². The summed E-state index contributed by atoms with van der Waals surface area (Å²) < 4.78 is 55.9. The van der Waals surface area contributed by atoms with Gasteiger partial charge < -0.3 is 0 Å². The van der Waals surface area contributed by atoms with E-state index in [-0.39, 0.29) is 11.0 Å². The molecule has 36 heavy (non-hydrogen) atoms. The molecule has 0 atom stereocenters. The first-order chi connectivity index (χ1) is 17.3. The van der Waals surface area contributed by atoms with Gasteiger partial charge in [0.05, 0.1) is 28.1 Å². The van der Waals surface area contributed by atoms with E-state index in [0.29, 0.717) is 26.8 Å². The van der Waals surface area contributed by atoms with Crippen LogP contribution >= 0.6 is 22.9 Å². The molecule has 0 radical (unpaired) electrons. The smallest absolute Gasteiger partial charge is 0.267 e. The number of pyridine rings is 1. The molecule has 12 heteroatoms. The van der Waals surface area contributed by atoms with Gasteiger partial charge in [-0.1, -0.05) is 36.4 Å². The van der Waals surface area contributed by atoms with E-state index in [9.17, 15) is 17.2 Å². The Morgan fingerprint density at radius 2 is 1.64 bits per heavy atom. The zero-order valence-corrected chi connectivity index (χ0v) is 20.5. The van der Waals surface area contributed by atoms with Crippen LogP contribution < -0.4 is 4.72 Å². The fourth-order valence-corrected chi connectivity index (χ4v) is 5.81. The molecule has 3 aromatic heterocycles. The van der Waals surface area contributed by atoms with Crippen molar-refractivity contribution in [2.45, 2.75) is 4.90 Å². The Labute approximate surface area is 213 Å². The van der Waals surface area contributed by atoms with Gasteiger partial charge in [-0.15, -0.1) is 11.3 Å². The van der Waals surface area contributed by atoms with Crippen molar-refractivity contribution >= 4 is 38.6 Å². The molecule has 0 aliphatic rings. The van der Waals surface area contributed by atoms with Crippen molar-refractivity contribution in [2.24, 2.45) is 0 Å². The van der Waals surface area contributed by atoms with Crippen LogP contribution in [0.15, 0.2) is 84.1 Å². The van der Waals surface area contributed by atoms with E-state index in [4.69, 9.17) is 16.6 Å². The molecule has 0 fully saturated rings. The van der Waals surface area contributed by atoms with Crippen molar-refractivity contribution in [3.63, 3.8) is 0 Å². The Hall–Kier alpha value is -3.80. The van der Waals surface area contributed by atoms with Crippen molar-refractivity contribution in [3.8, 4) is 32.4 Å². The summed E-state index contributed by atoms with van der Waals surface area (Å²) in [5, 5.41) is 0.745. The minimum absolute atomic E-state index is 0.00363. The first kappa shape index (κ1) is 23.9. The number of benzene rings is 2. The maximum Gasteiger partial charge on any atom is 0.267 e. The molecule has 1 N–H and O–H groups in total. The Kier molecular flexibility index (Phi) is 6.44. The molecule has 3 heterocycles. The lowest BCUT2D eigenvalue weighted by molar-refractivity contribution is 0.521. The Morgan fingerprint density at radius 3 is 2.36 bits per heavy atom. The van der Waals surface area contributed by atoms with Crippen LogP contribution in [0.2, 0.25) is 5.28 Å². The lowest BCUT2D eigenvalue weighted by atomic mass is 10.1. The molecule has 0 saturated heterocycles. The van der Waals surface area contributed by atoms with Crippen LogP contribution in [0.5, 0.6) is 0 Å². The second-order valence-corrected chi connectivity index (χ2v) is 10.3. The second kappa shape index (κ2) is 9.69. The molecule has 0 bridgehead atoms. The van der Waals surface area contributed by atoms with Gasteiger partial charge in [-0.25, -0.2) is 32.2 Å². The van der Waals surface area contributed by atoms with Crippen LogP contribution in [-0.4, -0.2) is 28.4 Å². The minimum Gasteiger partial charge on any atom is -0.278 e. The normalized spacial score (nSPS) is 11.4. The number of rotatable bonds is 6. The van der Waals surface area contributed by atoms with Gasteiger partial charge in [-0.2, -0.15) is 0 Å². The number of anilines is 1. The maximum absolute atomic E-state index is 14.1. The van der Waals surface area contributed by atoms with Crippen molar-refractivity contribution < 1.29 is 17.2 Å². The minimum atomic E-state index is -4.58. The summed E-state index contributed by atoms with van der Waals surface area (Å²) in [6.07, 6.45) is 4.24. The van der Waals surface area contributed by atoms with E-state index in [1.54, 1.807) is 6.07 Å². The van der Waals surface area contributed by atoms with Crippen LogP contribution in [0.25, 0.3) is 32.4 Å². The third kappa shape index (κ3) is 4.81. The number of sulfonamides is 1. The Balaban J connectivity index is 1.59. The second-order valence-electron chi connectivity index (χ2n) is 7.39. The van der Waals surface area contributed by atoms with E-state index in [0.717, 1.165) is 23.8 Å². The number of aromatic nitrogens is 4. The molecule has 5 aromatic rings. The predicted molar refractivity (Wildman–Crippen MR) is 134 cm³/mol. The van der Waals surface area contributed by atoms with Gasteiger partial charge in [0.25, 0.3) is 10.0 Å². The summed E-state index contributed by atoms with van der Waals surface area (Å²) in [6.45, 7) is 0. The van der Waals surface area contributed by atoms with Gasteiger partial charge in [0.2, 0.25) is 5.28 Å². The standard InChI is InChI=1S/C24H14ClF2N5O2S2/c25-24-29-10-9-19(30-24)21-20(31-23(35-21)14-5-2-1-3-6-14)15-11-16(13-28-12-15)32-36(33,34)22-17(26)7-4-8-18(22)27/h1-13,32H. The van der Waals surface area contributed by atoms with Crippen molar-refractivity contribution in [2.75, 3.05) is 4.72 Å². The van der Waals surface area contributed by atoms with Gasteiger partial charge in [-0.05, 0) is 35.9 Å². The van der Waals surface area contributed by atoms with Crippen LogP contribution in [-0.2, 0) is 10.0 Å². The number of nitrogens with one attached hydrogen (secondary N) is 1. The number of thiazole rings is 1. The highest BCUT2D eigenvalue weighted by atomic mass is 35.5. The third-order valence-corrected chi connectivity index (χ3v) is 7.70. The highest BCUT2D eigenvalue weighted by Crippen LogP contribution is 2.40. The third-order valence-electron chi connectivity index (χ3n) is 4.96. The van der Waals surface area contributed by atoms with Gasteiger partial charge in [0, 0.05) is 23.5 Å². The summed E-state index contributed by atoms with van der Waals surface area (Å²) in [4.78, 5) is 16.6. The van der Waals surface area contributed by atoms with Crippen molar-refractivity contribution in [1.82, 2.24) is 19.9 Å². The van der Waals surface area contributed by atoms with Gasteiger partial charge in [-0.3, -0.25) is 9.71 Å². The summed E-state index contributed by atoms with van der Waals surface area (Å²) in [7, 11) is -4.58. The Morgan fingerprint density at radius 1 is 0.889 bits per heavy atom. The van der Waals surface area contributed by atoms with E-state index in [2.05, 4.69) is 19.7 Å². The van der Waals surface area contributed by atoms with Gasteiger partial charge >= 0.3 is 0 Å². The average Bonchev–Trinajstić information content (AvgIpc) is 3.30. The molecular formula is C24H14ClF2N5O2S2. The Bertz CT molecular complexity index is 1660. The van der Waals surface area contributed by atoms with Gasteiger partial charge in [0.1, 0.15) is 16.6 Å². The van der Waals surface area contributed by atoms with Crippen LogP contribution in [0.4, 0.5) is 14.5 Å². The van der Waals surface area contributed by atoms with Crippen LogP contribution in [0.1, 0.15) is 0 Å². The lowest BCUT2D eigenvalue weighted by Gasteiger charge is -2.10. The molecular weight excluding hydrogens is 528 g/mol. The fourth-order valence-electron chi connectivity index (χ4n) is 3.43. The zero-order valence-electron chi connectivity index (χ0n) is 18.1. The summed E-state index contributed by atoms with van der Waals surface area (Å²) in [5.74, 6) is -2.41. The quantitative estimate of drug-likeness (QED) is 0.262. The fraction of sp³-hybridized carbons (Fsp3) is 0. The number of halogens is 3. The van der Waals surface area contributed by atoms with Gasteiger partial charge in [0.15, 0.2) is 4.90 Å². The molecule has 0 aliphatic carbocycles. The summed E-state index contributed by atoms with van der Waals surface area (Å²) in [6, 6.07) is 15.4. The van der Waals surface area contributed by atoms with E-state index in [1.165, 1.54) is 36.0 Å². The molecule has 5 rings (SSSR count). The topological polar surface area (TPSA) is 97.7 Å². The molecule has 7 nitrogen and oxygen atoms in total. The van der Waals surface area contributed by atoms with E-state index < -0.39 is 26.6 Å². The zero-order chi connectivity index (χ0) is 25.3. The molecule has 0 amide bonds. The SMILES string of the molecule is O=S(=O)(Nc1cncc(-c2nc(-c3ccccc3)sc2-c2ccnc(Cl)n2)c1)c1c(F)cccc1F. The number of hydrogen-bond donors (Lipinski definition) is 1. The van der Waals surface area contributed by atoms with E-state index in [1.807, 2.05) is 30.3 Å². The highest BCUT2D eigenvalue weighted by Gasteiger charge is 2.25. The molecule has 180 valence electrons. The van der Waals surface area contributed by atoms with E-state index >= 15 is 0 Å². The first-order valence-corrected chi connectivity index (χ1v) is 13.0. The summed E-state index contributed by atoms with van der Waals surface area (Å²) in [5.41, 5.74) is 2.31. The molecule has 0 spiro atoms. The number of nitrogens with zero attached hydrogens (tertiary/aromatic N) is 4. The lowest BCUT2D eigenvalue weighted by Crippen LogP contribution is -2.16. The van der Waals surface area contributed by atoms with Crippen LogP contribution in [0, 0.1) is 11.6 Å². The van der Waals surface area contributed by atoms with Crippen LogP contribution in [0.3, 0.4) is 0 Å². The largest absolute Gasteiger partial charge is 0.278 e. The number of hydrogen-bond acceptors (Lipinski definition) is 7. The molecule has 0 unspecified atom stereocenters. The predicted octanol–water partition coefficient (Wildman–Crippen LogP) is 6.06. The van der Waals surface area contributed by atoms with Crippen molar-refractivity contribution in [3.05, 3.63) is 96.2 Å². The first-order valence-electron chi connectivity index (χ1n) is 10.3. The summed E-state index contributed by atoms with van der Waals surface area (Å²) >= 11 is 7.37. The average molecular weight is 542 g/mol. The molecule has 2 aromatic carbocycles. The monoisotopic (exact) mass is 541 g/mol. The maximum atomic E-state index is 14.1. The molecule has 0 aliphatic heterocycles. The molecule has 0 saturated carbocycles. The highest BCUT2D eigenvalue weighted by molar-refractivity contribution is 7.92.